The Hall–Kier alpha value is -2.38. The predicted molar refractivity (Wildman–Crippen MR) is 159 cm³/mol. The average molecular weight is 541 g/mol. The molecular weight excluding hydrogens is 517 g/mol. The molecule has 0 N–H and O–H groups in total. The van der Waals surface area contributed by atoms with Crippen LogP contribution in [0.1, 0.15) is 60.4 Å². The number of benzene rings is 2. The lowest BCUT2D eigenvalue weighted by molar-refractivity contribution is 0.664. The highest BCUT2D eigenvalue weighted by Crippen LogP contribution is 2.62. The van der Waals surface area contributed by atoms with Crippen molar-refractivity contribution in [3.8, 4) is 30.6 Å². The summed E-state index contributed by atoms with van der Waals surface area (Å²) in [6, 6.07) is 14.1. The molecule has 0 radical (unpaired) electrons. The Labute approximate surface area is 226 Å². The maximum Gasteiger partial charge on any atom is 0.113 e. The maximum atomic E-state index is 4.67. The summed E-state index contributed by atoms with van der Waals surface area (Å²) in [5.41, 5.74) is 11.9. The van der Waals surface area contributed by atoms with Gasteiger partial charge in [0.1, 0.15) is 11.0 Å². The maximum absolute atomic E-state index is 4.67. The van der Waals surface area contributed by atoms with Crippen molar-refractivity contribution in [3.05, 3.63) is 69.1 Å². The lowest BCUT2D eigenvalue weighted by atomic mass is 9.79. The minimum Gasteiger partial charge on any atom is -0.173 e. The molecule has 2 aromatic carbocycles. The molecule has 6 heteroatoms. The van der Waals surface area contributed by atoms with Crippen LogP contribution in [0.5, 0.6) is 0 Å². The molecule has 0 fully saturated rings. The van der Waals surface area contributed by atoms with Gasteiger partial charge in [-0.25, -0.2) is 0 Å². The largest absolute Gasteiger partial charge is 0.173 e. The molecule has 4 heterocycles. The zero-order chi connectivity index (χ0) is 24.7. The van der Waals surface area contributed by atoms with E-state index < -0.39 is 0 Å². The first-order chi connectivity index (χ1) is 17.2. The topological polar surface area (TPSA) is 25.8 Å². The highest BCUT2D eigenvalue weighted by atomic mass is 32.1. The molecule has 2 nitrogen and oxygen atoms in total. The molecule has 0 atom stereocenters. The molecule has 0 spiro atoms. The Morgan fingerprint density at radius 1 is 0.667 bits per heavy atom. The van der Waals surface area contributed by atoms with Crippen LogP contribution in [0.2, 0.25) is 0 Å². The summed E-state index contributed by atoms with van der Waals surface area (Å²) in [5.74, 6) is 0. The Morgan fingerprint density at radius 2 is 1.39 bits per heavy atom. The van der Waals surface area contributed by atoms with E-state index in [1.165, 1.54) is 85.1 Å². The van der Waals surface area contributed by atoms with Gasteiger partial charge in [0, 0.05) is 45.5 Å². The van der Waals surface area contributed by atoms with E-state index in [0.717, 1.165) is 11.0 Å². The van der Waals surface area contributed by atoms with Crippen molar-refractivity contribution in [1.82, 2.24) is 8.75 Å². The second kappa shape index (κ2) is 6.73. The molecule has 178 valence electrons. The SMILES string of the molecule is Cc1cc2c(s1)-c1ccc3c4c(sc3c1C2(C)C)-c1sc(-c2ccc(C)c3nsnc23)cc1C4(C)C. The molecule has 0 amide bonds. The summed E-state index contributed by atoms with van der Waals surface area (Å²) >= 11 is 7.22. The fraction of sp³-hybridized carbons (Fsp3) is 0.267. The molecule has 0 saturated heterocycles. The van der Waals surface area contributed by atoms with Crippen LogP contribution in [-0.2, 0) is 10.8 Å². The third kappa shape index (κ3) is 2.47. The number of fused-ring (bicyclic) bond motifs is 10. The Bertz CT molecular complexity index is 1920. The fourth-order valence-corrected chi connectivity index (χ4v) is 11.5. The number of aryl methyl sites for hydroxylation is 2. The fourth-order valence-electron chi connectivity index (χ4n) is 6.54. The van der Waals surface area contributed by atoms with Crippen molar-refractivity contribution in [2.75, 3.05) is 0 Å². The summed E-state index contributed by atoms with van der Waals surface area (Å²) in [7, 11) is 0. The highest BCUT2D eigenvalue weighted by Gasteiger charge is 2.44. The first-order valence-corrected chi connectivity index (χ1v) is 15.4. The second-order valence-corrected chi connectivity index (χ2v) is 15.1. The molecule has 36 heavy (non-hydrogen) atoms. The van der Waals surface area contributed by atoms with E-state index in [9.17, 15) is 0 Å². The van der Waals surface area contributed by atoms with Gasteiger partial charge in [-0.05, 0) is 64.7 Å². The number of thiophene rings is 3. The monoisotopic (exact) mass is 540 g/mol. The van der Waals surface area contributed by atoms with Crippen molar-refractivity contribution in [1.29, 1.82) is 0 Å². The van der Waals surface area contributed by atoms with Crippen LogP contribution in [0.25, 0.3) is 51.8 Å². The van der Waals surface area contributed by atoms with Crippen LogP contribution in [0.15, 0.2) is 36.4 Å². The van der Waals surface area contributed by atoms with E-state index in [-0.39, 0.29) is 10.8 Å². The number of hydrogen-bond acceptors (Lipinski definition) is 6. The zero-order valence-corrected chi connectivity index (χ0v) is 24.3. The van der Waals surface area contributed by atoms with Gasteiger partial charge >= 0.3 is 0 Å². The van der Waals surface area contributed by atoms with Crippen molar-refractivity contribution in [2.24, 2.45) is 0 Å². The lowest BCUT2D eigenvalue weighted by Crippen LogP contribution is -2.16. The molecule has 0 unspecified atom stereocenters. The van der Waals surface area contributed by atoms with Crippen LogP contribution >= 0.6 is 45.7 Å². The van der Waals surface area contributed by atoms with Crippen molar-refractivity contribution in [3.63, 3.8) is 0 Å². The van der Waals surface area contributed by atoms with Crippen LogP contribution in [0, 0.1) is 13.8 Å². The third-order valence-electron chi connectivity index (χ3n) is 8.38. The smallest absolute Gasteiger partial charge is 0.113 e. The first kappa shape index (κ1) is 21.7. The summed E-state index contributed by atoms with van der Waals surface area (Å²) < 4.78 is 10.7. The zero-order valence-electron chi connectivity index (χ0n) is 21.0. The normalized spacial score (nSPS) is 16.5. The molecule has 0 aliphatic heterocycles. The van der Waals surface area contributed by atoms with Gasteiger partial charge in [0.2, 0.25) is 0 Å². The molecule has 0 bridgehead atoms. The van der Waals surface area contributed by atoms with Crippen LogP contribution in [-0.4, -0.2) is 8.75 Å². The van der Waals surface area contributed by atoms with Crippen LogP contribution < -0.4 is 0 Å². The van der Waals surface area contributed by atoms with Crippen molar-refractivity contribution < 1.29 is 0 Å². The Kier molecular flexibility index (Phi) is 4.05. The molecule has 6 aromatic rings. The van der Waals surface area contributed by atoms with Crippen molar-refractivity contribution in [2.45, 2.75) is 52.4 Å². The van der Waals surface area contributed by atoms with Gasteiger partial charge < -0.3 is 0 Å². The van der Waals surface area contributed by atoms with Crippen LogP contribution in [0.4, 0.5) is 0 Å². The average Bonchev–Trinajstić information content (AvgIpc) is 3.63. The first-order valence-electron chi connectivity index (χ1n) is 12.3. The van der Waals surface area contributed by atoms with E-state index in [1.807, 2.05) is 34.0 Å². The Balaban J connectivity index is 1.38. The number of aromatic nitrogens is 2. The van der Waals surface area contributed by atoms with E-state index in [0.29, 0.717) is 0 Å². The van der Waals surface area contributed by atoms with Gasteiger partial charge in [0.15, 0.2) is 0 Å². The van der Waals surface area contributed by atoms with Gasteiger partial charge in [-0.1, -0.05) is 52.0 Å². The quantitative estimate of drug-likeness (QED) is 0.207. The number of nitrogens with zero attached hydrogens (tertiary/aromatic N) is 2. The van der Waals surface area contributed by atoms with E-state index in [2.05, 4.69) is 86.7 Å². The standard InChI is InChI=1S/C30H24N2S4/c1-13-7-8-15(24-23(13)31-36-32-24)20-12-19-27(34-20)28-22(30(19,5)6)17-10-9-16-21(26(17)35-28)29(3,4)18-11-14(2)33-25(16)18/h7-12H,1-6H3. The number of hydrogen-bond donors (Lipinski definition) is 0. The van der Waals surface area contributed by atoms with E-state index in [4.69, 9.17) is 0 Å². The van der Waals surface area contributed by atoms with Gasteiger partial charge in [-0.15, -0.1) is 34.0 Å². The molecular formula is C30H24N2S4. The van der Waals surface area contributed by atoms with Gasteiger partial charge in [-0.3, -0.25) is 0 Å². The van der Waals surface area contributed by atoms with Gasteiger partial charge in [0.05, 0.1) is 11.7 Å². The highest BCUT2D eigenvalue weighted by molar-refractivity contribution is 7.28. The minimum atomic E-state index is -0.0276. The predicted octanol–water partition coefficient (Wildman–Crippen LogP) is 9.93. The molecule has 4 aromatic heterocycles. The summed E-state index contributed by atoms with van der Waals surface area (Å²) in [6.07, 6.45) is 0. The number of rotatable bonds is 1. The molecule has 0 saturated carbocycles. The van der Waals surface area contributed by atoms with Crippen molar-refractivity contribution >= 4 is 66.9 Å². The van der Waals surface area contributed by atoms with Crippen LogP contribution in [0.3, 0.4) is 0 Å². The summed E-state index contributed by atoms with van der Waals surface area (Å²) in [4.78, 5) is 7.10. The molecule has 8 rings (SSSR count). The summed E-state index contributed by atoms with van der Waals surface area (Å²) in [6.45, 7) is 14.0. The van der Waals surface area contributed by atoms with E-state index in [1.54, 1.807) is 0 Å². The molecule has 2 aliphatic carbocycles. The Morgan fingerprint density at radius 3 is 2.22 bits per heavy atom. The summed E-state index contributed by atoms with van der Waals surface area (Å²) in [5, 5.41) is 1.45. The third-order valence-corrected chi connectivity index (χ3v) is 12.5. The lowest BCUT2D eigenvalue weighted by Gasteiger charge is -2.23. The minimum absolute atomic E-state index is 0.0276. The van der Waals surface area contributed by atoms with E-state index >= 15 is 0 Å². The molecule has 2 aliphatic rings. The van der Waals surface area contributed by atoms with Gasteiger partial charge in [-0.2, -0.15) is 8.75 Å². The second-order valence-electron chi connectivity index (χ2n) is 11.3. The van der Waals surface area contributed by atoms with Gasteiger partial charge in [0.25, 0.3) is 0 Å².